The summed E-state index contributed by atoms with van der Waals surface area (Å²) >= 11 is 1.16. The molecule has 0 saturated carbocycles. The van der Waals surface area contributed by atoms with Crippen LogP contribution in [0.25, 0.3) is 0 Å². The Morgan fingerprint density at radius 3 is 2.86 bits per heavy atom. The SMILES string of the molecule is COC(=O)Cc1csc(NC(=O)c2ccc(C)cc2F)n1. The van der Waals surface area contributed by atoms with E-state index in [1.807, 2.05) is 0 Å². The molecule has 2 rings (SSSR count). The van der Waals surface area contributed by atoms with Crippen molar-refractivity contribution in [2.75, 3.05) is 12.4 Å². The molecule has 0 radical (unpaired) electrons. The number of esters is 1. The second-order valence-electron chi connectivity index (χ2n) is 4.33. The number of amides is 1. The first-order valence-corrected chi connectivity index (χ1v) is 6.96. The Morgan fingerprint density at radius 2 is 2.19 bits per heavy atom. The molecule has 5 nitrogen and oxygen atoms in total. The molecule has 0 saturated heterocycles. The van der Waals surface area contributed by atoms with Crippen LogP contribution < -0.4 is 5.32 Å². The fourth-order valence-corrected chi connectivity index (χ4v) is 2.34. The van der Waals surface area contributed by atoms with Gasteiger partial charge in [-0.05, 0) is 24.6 Å². The van der Waals surface area contributed by atoms with Gasteiger partial charge in [-0.25, -0.2) is 9.37 Å². The van der Waals surface area contributed by atoms with Crippen molar-refractivity contribution in [1.82, 2.24) is 4.98 Å². The van der Waals surface area contributed by atoms with E-state index in [4.69, 9.17) is 0 Å². The van der Waals surface area contributed by atoms with Gasteiger partial charge in [-0.2, -0.15) is 0 Å². The maximum Gasteiger partial charge on any atom is 0.311 e. The van der Waals surface area contributed by atoms with Crippen molar-refractivity contribution in [2.24, 2.45) is 0 Å². The van der Waals surface area contributed by atoms with Crippen LogP contribution in [-0.2, 0) is 16.0 Å². The number of nitrogens with zero attached hydrogens (tertiary/aromatic N) is 1. The lowest BCUT2D eigenvalue weighted by molar-refractivity contribution is -0.139. The van der Waals surface area contributed by atoms with Crippen LogP contribution >= 0.6 is 11.3 Å². The second kappa shape index (κ2) is 6.45. The number of benzene rings is 1. The second-order valence-corrected chi connectivity index (χ2v) is 5.19. The number of halogens is 1. The third kappa shape index (κ3) is 3.85. The Morgan fingerprint density at radius 1 is 1.43 bits per heavy atom. The van der Waals surface area contributed by atoms with Gasteiger partial charge < -0.3 is 4.74 Å². The molecule has 0 bridgehead atoms. The highest BCUT2D eigenvalue weighted by Gasteiger charge is 2.14. The van der Waals surface area contributed by atoms with Crippen molar-refractivity contribution in [3.8, 4) is 0 Å². The van der Waals surface area contributed by atoms with Crippen molar-refractivity contribution in [3.63, 3.8) is 0 Å². The molecule has 1 N–H and O–H groups in total. The van der Waals surface area contributed by atoms with E-state index in [1.54, 1.807) is 18.4 Å². The zero-order valence-electron chi connectivity index (χ0n) is 11.5. The van der Waals surface area contributed by atoms with Gasteiger partial charge in [0.1, 0.15) is 5.82 Å². The fourth-order valence-electron chi connectivity index (χ4n) is 1.63. The van der Waals surface area contributed by atoms with Gasteiger partial charge in [-0.15, -0.1) is 11.3 Å². The van der Waals surface area contributed by atoms with E-state index in [2.05, 4.69) is 15.0 Å². The summed E-state index contributed by atoms with van der Waals surface area (Å²) in [6, 6.07) is 4.37. The number of aryl methyl sites for hydroxylation is 1. The Labute approximate surface area is 124 Å². The highest BCUT2D eigenvalue weighted by Crippen LogP contribution is 2.18. The molecule has 1 amide bonds. The average Bonchev–Trinajstić information content (AvgIpc) is 2.85. The van der Waals surface area contributed by atoms with Crippen LogP contribution in [0.2, 0.25) is 0 Å². The summed E-state index contributed by atoms with van der Waals surface area (Å²) in [5.41, 5.74) is 1.18. The maximum absolute atomic E-state index is 13.7. The first-order valence-electron chi connectivity index (χ1n) is 6.08. The van der Waals surface area contributed by atoms with Crippen LogP contribution in [0.15, 0.2) is 23.6 Å². The predicted molar refractivity (Wildman–Crippen MR) is 76.9 cm³/mol. The lowest BCUT2D eigenvalue weighted by Gasteiger charge is -2.03. The van der Waals surface area contributed by atoms with Crippen LogP contribution in [0, 0.1) is 12.7 Å². The average molecular weight is 308 g/mol. The van der Waals surface area contributed by atoms with Crippen molar-refractivity contribution in [2.45, 2.75) is 13.3 Å². The van der Waals surface area contributed by atoms with E-state index in [0.717, 1.165) is 16.9 Å². The quantitative estimate of drug-likeness (QED) is 0.881. The van der Waals surface area contributed by atoms with Crippen LogP contribution in [0.3, 0.4) is 0 Å². The molecule has 0 aliphatic heterocycles. The number of thiazole rings is 1. The molecule has 0 aliphatic carbocycles. The van der Waals surface area contributed by atoms with Gasteiger partial charge in [0.25, 0.3) is 5.91 Å². The van der Waals surface area contributed by atoms with E-state index >= 15 is 0 Å². The first-order chi connectivity index (χ1) is 9.99. The minimum absolute atomic E-state index is 0.0295. The summed E-state index contributed by atoms with van der Waals surface area (Å²) in [5, 5.41) is 4.45. The molecule has 7 heteroatoms. The van der Waals surface area contributed by atoms with Gasteiger partial charge in [0.2, 0.25) is 0 Å². The van der Waals surface area contributed by atoms with Crippen molar-refractivity contribution >= 4 is 28.3 Å². The highest BCUT2D eigenvalue weighted by molar-refractivity contribution is 7.14. The Bertz CT molecular complexity index is 685. The molecule has 0 atom stereocenters. The van der Waals surface area contributed by atoms with Crippen LogP contribution in [0.5, 0.6) is 0 Å². The molecule has 2 aromatic rings. The summed E-state index contributed by atoms with van der Waals surface area (Å²) in [5.74, 6) is -1.58. The molecule has 0 aliphatic rings. The highest BCUT2D eigenvalue weighted by atomic mass is 32.1. The molecule has 0 unspecified atom stereocenters. The van der Waals surface area contributed by atoms with E-state index in [-0.39, 0.29) is 12.0 Å². The zero-order valence-corrected chi connectivity index (χ0v) is 12.3. The van der Waals surface area contributed by atoms with Gasteiger partial charge in [-0.1, -0.05) is 6.07 Å². The number of anilines is 1. The minimum atomic E-state index is -0.584. The monoisotopic (exact) mass is 308 g/mol. The van der Waals surface area contributed by atoms with E-state index in [0.29, 0.717) is 10.8 Å². The minimum Gasteiger partial charge on any atom is -0.469 e. The molecular formula is C14H13FN2O3S. The summed E-state index contributed by atoms with van der Waals surface area (Å²) in [6.07, 6.45) is 0.0295. The molecule has 110 valence electrons. The number of ether oxygens (including phenoxy) is 1. The number of aromatic nitrogens is 1. The standard InChI is InChI=1S/C14H13FN2O3S/c1-8-3-4-10(11(15)5-8)13(19)17-14-16-9(7-21-14)6-12(18)20-2/h3-5,7H,6H2,1-2H3,(H,16,17,19). The lowest BCUT2D eigenvalue weighted by atomic mass is 10.1. The molecule has 0 fully saturated rings. The normalized spacial score (nSPS) is 10.2. The van der Waals surface area contributed by atoms with Crippen LogP contribution in [0.4, 0.5) is 9.52 Å². The molecule has 1 heterocycles. The van der Waals surface area contributed by atoms with Gasteiger partial charge >= 0.3 is 5.97 Å². The largest absolute Gasteiger partial charge is 0.469 e. The number of rotatable bonds is 4. The molecule has 21 heavy (non-hydrogen) atoms. The number of hydrogen-bond acceptors (Lipinski definition) is 5. The number of hydrogen-bond donors (Lipinski definition) is 1. The summed E-state index contributed by atoms with van der Waals surface area (Å²) in [4.78, 5) is 27.1. The topological polar surface area (TPSA) is 68.3 Å². The molecule has 1 aromatic heterocycles. The third-order valence-electron chi connectivity index (χ3n) is 2.69. The van der Waals surface area contributed by atoms with Gasteiger partial charge in [0, 0.05) is 5.38 Å². The Kier molecular flexibility index (Phi) is 4.64. The number of nitrogens with one attached hydrogen (secondary N) is 1. The van der Waals surface area contributed by atoms with Crippen molar-refractivity contribution < 1.29 is 18.7 Å². The number of carbonyl (C=O) groups is 2. The van der Waals surface area contributed by atoms with Gasteiger partial charge in [0.05, 0.1) is 24.8 Å². The molecule has 0 spiro atoms. The lowest BCUT2D eigenvalue weighted by Crippen LogP contribution is -2.14. The number of methoxy groups -OCH3 is 1. The van der Waals surface area contributed by atoms with E-state index < -0.39 is 17.7 Å². The van der Waals surface area contributed by atoms with Crippen molar-refractivity contribution in [3.05, 3.63) is 46.2 Å². The molecular weight excluding hydrogens is 295 g/mol. The van der Waals surface area contributed by atoms with Gasteiger partial charge in [-0.3, -0.25) is 14.9 Å². The Hall–Kier alpha value is -2.28. The third-order valence-corrected chi connectivity index (χ3v) is 3.50. The summed E-state index contributed by atoms with van der Waals surface area (Å²) in [6.45, 7) is 1.74. The first kappa shape index (κ1) is 15.1. The van der Waals surface area contributed by atoms with Crippen LogP contribution in [0.1, 0.15) is 21.6 Å². The fraction of sp³-hybridized carbons (Fsp3) is 0.214. The predicted octanol–water partition coefficient (Wildman–Crippen LogP) is 2.56. The van der Waals surface area contributed by atoms with Crippen LogP contribution in [-0.4, -0.2) is 24.0 Å². The molecule has 1 aromatic carbocycles. The van der Waals surface area contributed by atoms with E-state index in [9.17, 15) is 14.0 Å². The summed E-state index contributed by atoms with van der Waals surface area (Å²) < 4.78 is 18.2. The van der Waals surface area contributed by atoms with Crippen molar-refractivity contribution in [1.29, 1.82) is 0 Å². The number of carbonyl (C=O) groups excluding carboxylic acids is 2. The smallest absolute Gasteiger partial charge is 0.311 e. The maximum atomic E-state index is 13.7. The summed E-state index contributed by atoms with van der Waals surface area (Å²) in [7, 11) is 1.29. The van der Waals surface area contributed by atoms with E-state index in [1.165, 1.54) is 19.2 Å². The van der Waals surface area contributed by atoms with Gasteiger partial charge in [0.15, 0.2) is 5.13 Å². The Balaban J connectivity index is 2.07. The zero-order chi connectivity index (χ0) is 15.4.